The van der Waals surface area contributed by atoms with Gasteiger partial charge in [0.1, 0.15) is 18.8 Å². The quantitative estimate of drug-likeness (QED) is 0.792. The Kier molecular flexibility index (Phi) is 6.01. The highest BCUT2D eigenvalue weighted by atomic mass is 16.6. The predicted molar refractivity (Wildman–Crippen MR) is 105 cm³/mol. The number of hydrogen-bond acceptors (Lipinski definition) is 5. The summed E-state index contributed by atoms with van der Waals surface area (Å²) < 4.78 is 16.8. The van der Waals surface area contributed by atoms with Gasteiger partial charge in [0.15, 0.2) is 11.5 Å². The molecule has 1 aromatic carbocycles. The van der Waals surface area contributed by atoms with Crippen molar-refractivity contribution in [2.24, 2.45) is 0 Å². The van der Waals surface area contributed by atoms with E-state index in [0.717, 1.165) is 19.3 Å². The van der Waals surface area contributed by atoms with E-state index in [2.05, 4.69) is 0 Å². The lowest BCUT2D eigenvalue weighted by Crippen LogP contribution is -2.51. The second-order valence-corrected chi connectivity index (χ2v) is 8.34. The summed E-state index contributed by atoms with van der Waals surface area (Å²) in [6, 6.07) is 5.28. The van der Waals surface area contributed by atoms with Crippen LogP contribution in [0, 0.1) is 0 Å². The maximum absolute atomic E-state index is 13.1. The van der Waals surface area contributed by atoms with E-state index >= 15 is 0 Å². The molecule has 2 aliphatic rings. The van der Waals surface area contributed by atoms with Gasteiger partial charge in [0.2, 0.25) is 0 Å². The maximum Gasteiger partial charge on any atom is 0.410 e. The van der Waals surface area contributed by atoms with Crippen molar-refractivity contribution >= 4 is 12.0 Å². The molecular weight excluding hydrogens is 360 g/mol. The lowest BCUT2D eigenvalue weighted by molar-refractivity contribution is 0.00601. The number of likely N-dealkylation sites (tertiary alicyclic amines) is 1. The highest BCUT2D eigenvalue weighted by Crippen LogP contribution is 2.34. The van der Waals surface area contributed by atoms with Gasteiger partial charge in [0.25, 0.3) is 5.91 Å². The number of rotatable bonds is 3. The summed E-state index contributed by atoms with van der Waals surface area (Å²) in [6.07, 6.45) is 2.52. The normalized spacial score (nSPS) is 19.1. The number of ether oxygens (including phenoxy) is 3. The Balaban J connectivity index is 1.71. The molecule has 0 radical (unpaired) electrons. The van der Waals surface area contributed by atoms with E-state index < -0.39 is 5.60 Å². The van der Waals surface area contributed by atoms with E-state index in [1.807, 2.05) is 20.8 Å². The highest BCUT2D eigenvalue weighted by molar-refractivity contribution is 5.97. The first-order chi connectivity index (χ1) is 13.3. The first kappa shape index (κ1) is 20.3. The number of nitrogens with zero attached hydrogens (tertiary/aromatic N) is 2. The van der Waals surface area contributed by atoms with Gasteiger partial charge in [-0.2, -0.15) is 0 Å². The van der Waals surface area contributed by atoms with Crippen molar-refractivity contribution in [1.29, 1.82) is 0 Å². The molecule has 2 heterocycles. The average Bonchev–Trinajstić information content (AvgIpc) is 2.66. The van der Waals surface area contributed by atoms with Gasteiger partial charge in [-0.15, -0.1) is 0 Å². The molecule has 0 spiro atoms. The number of carbonyl (C=O) groups is 2. The van der Waals surface area contributed by atoms with E-state index in [0.29, 0.717) is 43.4 Å². The third-order valence-electron chi connectivity index (χ3n) is 4.88. The van der Waals surface area contributed by atoms with Crippen molar-refractivity contribution in [3.05, 3.63) is 23.8 Å². The van der Waals surface area contributed by atoms with Crippen LogP contribution in [0.15, 0.2) is 18.2 Å². The third kappa shape index (κ3) is 4.69. The monoisotopic (exact) mass is 390 g/mol. The number of amides is 2. The Labute approximate surface area is 166 Å². The molecule has 0 bridgehead atoms. The molecule has 2 aliphatic heterocycles. The van der Waals surface area contributed by atoms with Crippen LogP contribution in [0.3, 0.4) is 0 Å². The van der Waals surface area contributed by atoms with Gasteiger partial charge < -0.3 is 24.0 Å². The number of benzene rings is 1. The minimum Gasteiger partial charge on any atom is -0.486 e. The molecule has 7 heteroatoms. The number of likely N-dealkylation sites (N-methyl/N-ethyl adjacent to an activating group) is 1. The summed E-state index contributed by atoms with van der Waals surface area (Å²) >= 11 is 0. The van der Waals surface area contributed by atoms with Gasteiger partial charge in [-0.1, -0.05) is 6.07 Å². The van der Waals surface area contributed by atoms with E-state index in [9.17, 15) is 9.59 Å². The van der Waals surface area contributed by atoms with Gasteiger partial charge in [0.05, 0.1) is 11.6 Å². The Morgan fingerprint density at radius 3 is 2.71 bits per heavy atom. The first-order valence-electron chi connectivity index (χ1n) is 9.90. The Morgan fingerprint density at radius 2 is 1.96 bits per heavy atom. The van der Waals surface area contributed by atoms with Crippen LogP contribution in [0.25, 0.3) is 0 Å². The third-order valence-corrected chi connectivity index (χ3v) is 4.88. The van der Waals surface area contributed by atoms with Crippen LogP contribution < -0.4 is 9.47 Å². The summed E-state index contributed by atoms with van der Waals surface area (Å²) in [6.45, 7) is 7.59. The Bertz CT molecular complexity index is 728. The second-order valence-electron chi connectivity index (χ2n) is 8.34. The fourth-order valence-corrected chi connectivity index (χ4v) is 3.60. The number of hydrogen-bond donors (Lipinski definition) is 0. The lowest BCUT2D eigenvalue weighted by Gasteiger charge is -2.38. The predicted octanol–water partition coefficient (Wildman–Crippen LogP) is 3.32. The molecule has 1 atom stereocenters. The summed E-state index contributed by atoms with van der Waals surface area (Å²) in [5.41, 5.74) is -0.0549. The number of piperidine rings is 1. The SMILES string of the molecule is CN(C[C@H]1CCCCN1C(=O)OC(C)(C)C)C(=O)c1cccc2c1OCCO2. The number of fused-ring (bicyclic) bond motifs is 1. The van der Waals surface area contributed by atoms with Crippen molar-refractivity contribution in [2.45, 2.75) is 51.7 Å². The molecule has 0 aromatic heterocycles. The minimum atomic E-state index is -0.540. The summed E-state index contributed by atoms with van der Waals surface area (Å²) in [4.78, 5) is 29.1. The molecular formula is C21H30N2O5. The molecule has 2 amide bonds. The maximum atomic E-state index is 13.1. The summed E-state index contributed by atoms with van der Waals surface area (Å²) in [5, 5.41) is 0. The van der Waals surface area contributed by atoms with Crippen LogP contribution in [-0.4, -0.2) is 66.8 Å². The Hall–Kier alpha value is -2.44. The van der Waals surface area contributed by atoms with Crippen LogP contribution in [0.5, 0.6) is 11.5 Å². The van der Waals surface area contributed by atoms with Crippen LogP contribution in [0.2, 0.25) is 0 Å². The Morgan fingerprint density at radius 1 is 1.21 bits per heavy atom. The molecule has 28 heavy (non-hydrogen) atoms. The zero-order valence-electron chi connectivity index (χ0n) is 17.2. The molecule has 1 fully saturated rings. The second kappa shape index (κ2) is 8.29. The van der Waals surface area contributed by atoms with Gasteiger partial charge in [-0.25, -0.2) is 4.79 Å². The molecule has 1 aromatic rings. The smallest absolute Gasteiger partial charge is 0.410 e. The van der Waals surface area contributed by atoms with Gasteiger partial charge >= 0.3 is 6.09 Å². The zero-order valence-corrected chi connectivity index (χ0v) is 17.2. The molecule has 3 rings (SSSR count). The van der Waals surface area contributed by atoms with Gasteiger partial charge in [0, 0.05) is 20.1 Å². The molecule has 1 saturated heterocycles. The topological polar surface area (TPSA) is 68.3 Å². The van der Waals surface area contributed by atoms with Crippen molar-refractivity contribution in [1.82, 2.24) is 9.80 Å². The van der Waals surface area contributed by atoms with Crippen LogP contribution >= 0.6 is 0 Å². The molecule has 154 valence electrons. The van der Waals surface area contributed by atoms with E-state index in [1.165, 1.54) is 0 Å². The molecule has 0 saturated carbocycles. The number of para-hydroxylation sites is 1. The fraction of sp³-hybridized carbons (Fsp3) is 0.619. The highest BCUT2D eigenvalue weighted by Gasteiger charge is 2.32. The molecule has 0 unspecified atom stereocenters. The largest absolute Gasteiger partial charge is 0.486 e. The molecule has 0 aliphatic carbocycles. The van der Waals surface area contributed by atoms with E-state index in [4.69, 9.17) is 14.2 Å². The first-order valence-corrected chi connectivity index (χ1v) is 9.90. The van der Waals surface area contributed by atoms with Crippen molar-refractivity contribution < 1.29 is 23.8 Å². The fourth-order valence-electron chi connectivity index (χ4n) is 3.60. The van der Waals surface area contributed by atoms with Crippen LogP contribution in [-0.2, 0) is 4.74 Å². The van der Waals surface area contributed by atoms with E-state index in [1.54, 1.807) is 35.0 Å². The average molecular weight is 390 g/mol. The van der Waals surface area contributed by atoms with Crippen LogP contribution in [0.4, 0.5) is 4.79 Å². The minimum absolute atomic E-state index is 0.0609. The van der Waals surface area contributed by atoms with Crippen LogP contribution in [0.1, 0.15) is 50.4 Å². The van der Waals surface area contributed by atoms with E-state index in [-0.39, 0.29) is 18.0 Å². The molecule has 7 nitrogen and oxygen atoms in total. The van der Waals surface area contributed by atoms with Gasteiger partial charge in [-0.3, -0.25) is 4.79 Å². The molecule has 0 N–H and O–H groups in total. The van der Waals surface area contributed by atoms with Crippen molar-refractivity contribution in [2.75, 3.05) is 33.4 Å². The van der Waals surface area contributed by atoms with Crippen molar-refractivity contribution in [3.8, 4) is 11.5 Å². The lowest BCUT2D eigenvalue weighted by atomic mass is 10.0. The number of carbonyl (C=O) groups excluding carboxylic acids is 2. The zero-order chi connectivity index (χ0) is 20.3. The standard InChI is InChI=1S/C21H30N2O5/c1-21(2,3)28-20(25)23-11-6-5-8-15(23)14-22(4)19(24)16-9-7-10-17-18(16)27-13-12-26-17/h7,9-10,15H,5-6,8,11-14H2,1-4H3/t15-/m1/s1. The van der Waals surface area contributed by atoms with Crippen molar-refractivity contribution in [3.63, 3.8) is 0 Å². The van der Waals surface area contributed by atoms with Gasteiger partial charge in [-0.05, 0) is 52.2 Å². The summed E-state index contributed by atoms with van der Waals surface area (Å²) in [7, 11) is 1.76. The summed E-state index contributed by atoms with van der Waals surface area (Å²) in [5.74, 6) is 0.953.